The number of phenols is 1. The van der Waals surface area contributed by atoms with E-state index in [-0.39, 0.29) is 16.2 Å². The molecule has 1 fully saturated rings. The summed E-state index contributed by atoms with van der Waals surface area (Å²) < 4.78 is 1.27. The lowest BCUT2D eigenvalue weighted by Gasteiger charge is -2.51. The van der Waals surface area contributed by atoms with Crippen LogP contribution in [0.3, 0.4) is 0 Å². The zero-order valence-corrected chi connectivity index (χ0v) is 23.5. The van der Waals surface area contributed by atoms with Crippen molar-refractivity contribution in [1.29, 1.82) is 0 Å². The molecule has 4 aromatic rings. The van der Waals surface area contributed by atoms with Crippen molar-refractivity contribution in [3.63, 3.8) is 0 Å². The molecule has 0 unspecified atom stereocenters. The van der Waals surface area contributed by atoms with E-state index in [1.54, 1.807) is 34.9 Å². The van der Waals surface area contributed by atoms with E-state index >= 15 is 0 Å². The number of benzene rings is 3. The fourth-order valence-corrected chi connectivity index (χ4v) is 10.2. The quantitative estimate of drug-likeness (QED) is 0.274. The molecular weight excluding hydrogens is 485 g/mol. The van der Waals surface area contributed by atoms with Crippen molar-refractivity contribution in [2.24, 2.45) is 10.8 Å². The summed E-state index contributed by atoms with van der Waals surface area (Å²) in [6.07, 6.45) is 5.60. The van der Waals surface area contributed by atoms with E-state index in [0.29, 0.717) is 5.75 Å². The molecule has 0 saturated heterocycles. The van der Waals surface area contributed by atoms with Gasteiger partial charge in [-0.25, -0.2) is 0 Å². The largest absolute Gasteiger partial charge is 0.507 e. The number of thioether (sulfide) groups is 1. The van der Waals surface area contributed by atoms with Gasteiger partial charge in [-0.05, 0) is 93.6 Å². The minimum Gasteiger partial charge on any atom is -0.507 e. The maximum atomic E-state index is 11.5. The first-order valence-corrected chi connectivity index (χ1v) is 15.2. The van der Waals surface area contributed by atoms with Gasteiger partial charge in [0.05, 0.1) is 4.21 Å². The lowest BCUT2D eigenvalue weighted by atomic mass is 9.52. The topological polar surface area (TPSA) is 20.2 Å². The van der Waals surface area contributed by atoms with E-state index in [1.807, 2.05) is 0 Å². The Morgan fingerprint density at radius 3 is 2.20 bits per heavy atom. The highest BCUT2D eigenvalue weighted by Gasteiger charge is 2.53. The predicted molar refractivity (Wildman–Crippen MR) is 153 cm³/mol. The summed E-state index contributed by atoms with van der Waals surface area (Å²) in [5.74, 6) is 0.410. The molecule has 1 N–H and O–H groups in total. The Labute approximate surface area is 221 Å². The van der Waals surface area contributed by atoms with Gasteiger partial charge in [0.25, 0.3) is 0 Å². The maximum Gasteiger partial charge on any atom is 0.123 e. The summed E-state index contributed by atoms with van der Waals surface area (Å²) in [6.45, 7) is 9.71. The number of hydrogen-bond donors (Lipinski definition) is 1. The van der Waals surface area contributed by atoms with Gasteiger partial charge in [-0.1, -0.05) is 69.8 Å². The highest BCUT2D eigenvalue weighted by atomic mass is 32.2. The highest BCUT2D eigenvalue weighted by Crippen LogP contribution is 2.65. The molecule has 180 valence electrons. The Balaban J connectivity index is 1.64. The summed E-state index contributed by atoms with van der Waals surface area (Å²) in [5.41, 5.74) is 5.86. The van der Waals surface area contributed by atoms with Crippen molar-refractivity contribution in [3.8, 4) is 16.9 Å². The number of phenolic OH excluding ortho intramolecular Hbond substituents is 1. The lowest BCUT2D eigenvalue weighted by Crippen LogP contribution is -2.43. The van der Waals surface area contributed by atoms with Crippen LogP contribution >= 0.6 is 34.9 Å². The third-order valence-corrected chi connectivity index (χ3v) is 10.9. The first-order valence-electron chi connectivity index (χ1n) is 12.3. The average molecular weight is 517 g/mol. The van der Waals surface area contributed by atoms with Crippen LogP contribution in [0, 0.1) is 10.8 Å². The smallest absolute Gasteiger partial charge is 0.123 e. The summed E-state index contributed by atoms with van der Waals surface area (Å²) in [6, 6.07) is 20.0. The van der Waals surface area contributed by atoms with E-state index < -0.39 is 0 Å². The van der Waals surface area contributed by atoms with E-state index in [2.05, 4.69) is 93.9 Å². The lowest BCUT2D eigenvalue weighted by molar-refractivity contribution is 0.0645. The van der Waals surface area contributed by atoms with Crippen LogP contribution in [0.4, 0.5) is 0 Å². The van der Waals surface area contributed by atoms with Gasteiger partial charge in [0.15, 0.2) is 0 Å². The Hall–Kier alpha value is -1.88. The standard InChI is InChI=1S/C31H32OS3/c1-29(2)16-30(3,4)18-31(17-29)22-10-7-6-9-19(22)28-21-14-25(33-5)26(35-27-11-8-12-34-27)13-20(21)24(32)15-23(28)31/h6-15,32H,16-18H2,1-5H3. The van der Waals surface area contributed by atoms with Gasteiger partial charge in [-0.3, -0.25) is 0 Å². The van der Waals surface area contributed by atoms with Gasteiger partial charge in [-0.2, -0.15) is 0 Å². The third-order valence-electron chi connectivity index (χ3n) is 7.85. The molecule has 0 atom stereocenters. The second-order valence-electron chi connectivity index (χ2n) is 11.9. The second kappa shape index (κ2) is 8.06. The van der Waals surface area contributed by atoms with E-state index in [4.69, 9.17) is 0 Å². The minimum atomic E-state index is -0.0627. The molecule has 3 aromatic carbocycles. The molecule has 0 amide bonds. The fourth-order valence-electron chi connectivity index (χ4n) is 7.51. The van der Waals surface area contributed by atoms with Crippen LogP contribution in [0.25, 0.3) is 21.9 Å². The molecule has 35 heavy (non-hydrogen) atoms. The minimum absolute atomic E-state index is 0.0627. The molecule has 4 heteroatoms. The third kappa shape index (κ3) is 3.75. The van der Waals surface area contributed by atoms with Crippen LogP contribution in [0.1, 0.15) is 58.1 Å². The first kappa shape index (κ1) is 23.5. The number of aromatic hydroxyl groups is 1. The van der Waals surface area contributed by atoms with Gasteiger partial charge in [0, 0.05) is 20.6 Å². The summed E-state index contributed by atoms with van der Waals surface area (Å²) in [4.78, 5) is 2.48. The number of thiophene rings is 1. The van der Waals surface area contributed by atoms with Gasteiger partial charge < -0.3 is 5.11 Å². The van der Waals surface area contributed by atoms with E-state index in [0.717, 1.165) is 18.2 Å². The van der Waals surface area contributed by atoms with Crippen LogP contribution in [0.2, 0.25) is 0 Å². The Bertz CT molecular complexity index is 1430. The van der Waals surface area contributed by atoms with E-state index in [9.17, 15) is 5.11 Å². The maximum absolute atomic E-state index is 11.5. The van der Waals surface area contributed by atoms with Crippen molar-refractivity contribution >= 4 is 45.6 Å². The molecule has 6 rings (SSSR count). The molecular formula is C31H32OS3. The molecule has 1 spiro atoms. The van der Waals surface area contributed by atoms with Crippen LogP contribution in [0.5, 0.6) is 5.75 Å². The number of rotatable bonds is 3. The fraction of sp³-hybridized carbons (Fsp3) is 0.355. The summed E-state index contributed by atoms with van der Waals surface area (Å²) in [7, 11) is 0. The SMILES string of the molecule is CSc1cc2c3c(cc(O)c2cc1Sc1cccs1)C1(CC(C)(C)CC(C)(C)C1)c1ccccc1-3. The molecule has 1 aromatic heterocycles. The van der Waals surface area contributed by atoms with Crippen molar-refractivity contribution in [2.45, 2.75) is 66.4 Å². The Morgan fingerprint density at radius 1 is 0.800 bits per heavy atom. The number of fused-ring (bicyclic) bond motifs is 7. The van der Waals surface area contributed by atoms with Gasteiger partial charge in [0.1, 0.15) is 5.75 Å². The molecule has 0 aliphatic heterocycles. The van der Waals surface area contributed by atoms with Crippen LogP contribution < -0.4 is 0 Å². The predicted octanol–water partition coefficient (Wildman–Crippen LogP) is 9.98. The Morgan fingerprint density at radius 2 is 1.51 bits per heavy atom. The van der Waals surface area contributed by atoms with Gasteiger partial charge in [0.2, 0.25) is 0 Å². The molecule has 1 saturated carbocycles. The molecule has 1 nitrogen and oxygen atoms in total. The summed E-state index contributed by atoms with van der Waals surface area (Å²) >= 11 is 5.35. The van der Waals surface area contributed by atoms with Gasteiger partial charge >= 0.3 is 0 Å². The zero-order chi connectivity index (χ0) is 24.6. The van der Waals surface area contributed by atoms with E-state index in [1.165, 1.54) is 48.1 Å². The zero-order valence-electron chi connectivity index (χ0n) is 21.1. The van der Waals surface area contributed by atoms with Crippen molar-refractivity contribution < 1.29 is 5.11 Å². The average Bonchev–Trinajstić information content (AvgIpc) is 3.37. The highest BCUT2D eigenvalue weighted by molar-refractivity contribution is 8.03. The second-order valence-corrected chi connectivity index (χ2v) is 15.0. The summed E-state index contributed by atoms with van der Waals surface area (Å²) in [5, 5.41) is 15.8. The van der Waals surface area contributed by atoms with Crippen LogP contribution in [-0.4, -0.2) is 11.4 Å². The molecule has 2 aliphatic carbocycles. The normalized spacial score (nSPS) is 19.1. The van der Waals surface area contributed by atoms with Crippen molar-refractivity contribution in [3.05, 3.63) is 71.1 Å². The monoisotopic (exact) mass is 516 g/mol. The van der Waals surface area contributed by atoms with Gasteiger partial charge in [-0.15, -0.1) is 23.1 Å². The molecule has 1 heterocycles. The Kier molecular flexibility index (Phi) is 5.42. The van der Waals surface area contributed by atoms with Crippen molar-refractivity contribution in [2.75, 3.05) is 6.26 Å². The molecule has 0 bridgehead atoms. The first-order chi connectivity index (χ1) is 16.6. The van der Waals surface area contributed by atoms with Crippen LogP contribution in [0.15, 0.2) is 74.0 Å². The number of hydrogen-bond acceptors (Lipinski definition) is 4. The van der Waals surface area contributed by atoms with Crippen molar-refractivity contribution in [1.82, 2.24) is 0 Å². The molecule has 0 radical (unpaired) electrons. The van der Waals surface area contributed by atoms with Crippen LogP contribution in [-0.2, 0) is 5.41 Å². The molecule has 2 aliphatic rings.